The van der Waals surface area contributed by atoms with Crippen LogP contribution < -0.4 is 5.01 Å². The largest absolute Gasteiger partial charge is 0.272 e. The SMILES string of the molecule is CC1C(=O)N(c2ncccn2)N=C1c1cccnc1. The van der Waals surface area contributed by atoms with Gasteiger partial charge in [-0.3, -0.25) is 9.78 Å². The molecule has 6 heteroatoms. The first-order valence-electron chi connectivity index (χ1n) is 5.87. The lowest BCUT2D eigenvalue weighted by molar-refractivity contribution is -0.119. The summed E-state index contributed by atoms with van der Waals surface area (Å²) < 4.78 is 0. The minimum Gasteiger partial charge on any atom is -0.272 e. The van der Waals surface area contributed by atoms with Crippen LogP contribution in [-0.2, 0) is 4.79 Å². The van der Waals surface area contributed by atoms with E-state index in [1.54, 1.807) is 30.9 Å². The second kappa shape index (κ2) is 4.56. The third-order valence-corrected chi connectivity index (χ3v) is 2.90. The molecule has 1 atom stereocenters. The fourth-order valence-corrected chi connectivity index (χ4v) is 1.91. The van der Waals surface area contributed by atoms with Crippen molar-refractivity contribution in [2.45, 2.75) is 6.92 Å². The fourth-order valence-electron chi connectivity index (χ4n) is 1.91. The molecule has 6 nitrogen and oxygen atoms in total. The van der Waals surface area contributed by atoms with E-state index < -0.39 is 0 Å². The van der Waals surface area contributed by atoms with Gasteiger partial charge in [-0.25, -0.2) is 9.97 Å². The zero-order valence-corrected chi connectivity index (χ0v) is 10.3. The number of amides is 1. The number of carbonyl (C=O) groups is 1. The van der Waals surface area contributed by atoms with E-state index in [9.17, 15) is 4.79 Å². The Balaban J connectivity index is 2.01. The molecule has 2 aromatic rings. The molecule has 0 aliphatic carbocycles. The first kappa shape index (κ1) is 11.5. The van der Waals surface area contributed by atoms with Gasteiger partial charge in [0.15, 0.2) is 0 Å². The minimum atomic E-state index is -0.326. The molecule has 0 saturated heterocycles. The normalized spacial score (nSPS) is 18.6. The van der Waals surface area contributed by atoms with Crippen molar-refractivity contribution in [3.05, 3.63) is 48.5 Å². The molecular formula is C13H11N5O. The molecule has 0 spiro atoms. The maximum atomic E-state index is 12.2. The summed E-state index contributed by atoms with van der Waals surface area (Å²) in [6, 6.07) is 5.39. The van der Waals surface area contributed by atoms with Crippen molar-refractivity contribution >= 4 is 17.6 Å². The Morgan fingerprint density at radius 2 is 1.95 bits per heavy atom. The predicted molar refractivity (Wildman–Crippen MR) is 69.5 cm³/mol. The molecular weight excluding hydrogens is 242 g/mol. The van der Waals surface area contributed by atoms with E-state index >= 15 is 0 Å². The van der Waals surface area contributed by atoms with Gasteiger partial charge in [-0.05, 0) is 25.1 Å². The standard InChI is InChI=1S/C13H11N5O/c1-9-11(10-4-2-5-14-8-10)17-18(12(9)19)13-15-6-3-7-16-13/h2-9H,1H3. The lowest BCUT2D eigenvalue weighted by atomic mass is 10.0. The molecule has 19 heavy (non-hydrogen) atoms. The van der Waals surface area contributed by atoms with Crippen LogP contribution in [0.25, 0.3) is 0 Å². The second-order valence-corrected chi connectivity index (χ2v) is 4.15. The van der Waals surface area contributed by atoms with Crippen LogP contribution in [0.3, 0.4) is 0 Å². The van der Waals surface area contributed by atoms with Gasteiger partial charge in [0, 0.05) is 30.4 Å². The Bertz CT molecular complexity index is 626. The number of hydrogen-bond donors (Lipinski definition) is 0. The maximum absolute atomic E-state index is 12.2. The maximum Gasteiger partial charge on any atom is 0.259 e. The van der Waals surface area contributed by atoms with E-state index in [0.29, 0.717) is 11.7 Å². The van der Waals surface area contributed by atoms with E-state index in [0.717, 1.165) is 5.56 Å². The van der Waals surface area contributed by atoms with Gasteiger partial charge in [0.2, 0.25) is 0 Å². The van der Waals surface area contributed by atoms with Crippen molar-refractivity contribution < 1.29 is 4.79 Å². The zero-order valence-electron chi connectivity index (χ0n) is 10.3. The summed E-state index contributed by atoms with van der Waals surface area (Å²) in [5.74, 6) is -0.170. The number of anilines is 1. The van der Waals surface area contributed by atoms with Crippen LogP contribution in [0.2, 0.25) is 0 Å². The van der Waals surface area contributed by atoms with Crippen LogP contribution in [0, 0.1) is 5.92 Å². The number of nitrogens with zero attached hydrogens (tertiary/aromatic N) is 5. The van der Waals surface area contributed by atoms with Crippen LogP contribution in [0.15, 0.2) is 48.1 Å². The second-order valence-electron chi connectivity index (χ2n) is 4.15. The summed E-state index contributed by atoms with van der Waals surface area (Å²) >= 11 is 0. The number of carbonyl (C=O) groups excluding carboxylic acids is 1. The van der Waals surface area contributed by atoms with Crippen molar-refractivity contribution in [2.24, 2.45) is 11.0 Å². The minimum absolute atomic E-state index is 0.134. The lowest BCUT2D eigenvalue weighted by Gasteiger charge is -2.08. The Hall–Kier alpha value is -2.63. The summed E-state index contributed by atoms with van der Waals surface area (Å²) in [6.07, 6.45) is 6.54. The summed E-state index contributed by atoms with van der Waals surface area (Å²) in [7, 11) is 0. The Labute approximate surface area is 109 Å². The smallest absolute Gasteiger partial charge is 0.259 e. The van der Waals surface area contributed by atoms with Gasteiger partial charge in [0.25, 0.3) is 11.9 Å². The van der Waals surface area contributed by atoms with Crippen LogP contribution in [0.5, 0.6) is 0 Å². The monoisotopic (exact) mass is 253 g/mol. The van der Waals surface area contributed by atoms with E-state index in [1.165, 1.54) is 5.01 Å². The third-order valence-electron chi connectivity index (χ3n) is 2.90. The predicted octanol–water partition coefficient (Wildman–Crippen LogP) is 1.26. The van der Waals surface area contributed by atoms with Crippen molar-refractivity contribution in [3.8, 4) is 0 Å². The van der Waals surface area contributed by atoms with Gasteiger partial charge in [-0.2, -0.15) is 10.1 Å². The highest BCUT2D eigenvalue weighted by molar-refractivity contribution is 6.20. The molecule has 1 aliphatic heterocycles. The number of aromatic nitrogens is 3. The van der Waals surface area contributed by atoms with Crippen LogP contribution >= 0.6 is 0 Å². The Kier molecular flexibility index (Phi) is 2.75. The highest BCUT2D eigenvalue weighted by atomic mass is 16.2. The Morgan fingerprint density at radius 3 is 2.63 bits per heavy atom. The molecule has 0 aromatic carbocycles. The van der Waals surface area contributed by atoms with Crippen molar-refractivity contribution in [1.29, 1.82) is 0 Å². The van der Waals surface area contributed by atoms with Crippen LogP contribution in [0.1, 0.15) is 12.5 Å². The van der Waals surface area contributed by atoms with Crippen molar-refractivity contribution in [3.63, 3.8) is 0 Å². The Morgan fingerprint density at radius 1 is 1.16 bits per heavy atom. The first-order valence-corrected chi connectivity index (χ1v) is 5.87. The van der Waals surface area contributed by atoms with E-state index in [1.807, 2.05) is 19.1 Å². The number of rotatable bonds is 2. The molecule has 0 bridgehead atoms. The molecule has 1 aliphatic rings. The average Bonchev–Trinajstić information content (AvgIpc) is 2.77. The molecule has 1 amide bonds. The van der Waals surface area contributed by atoms with E-state index in [2.05, 4.69) is 20.1 Å². The molecule has 3 heterocycles. The molecule has 2 aromatic heterocycles. The van der Waals surface area contributed by atoms with Gasteiger partial charge < -0.3 is 0 Å². The van der Waals surface area contributed by atoms with Crippen LogP contribution in [-0.4, -0.2) is 26.6 Å². The molecule has 0 radical (unpaired) electrons. The first-order chi connectivity index (χ1) is 9.27. The van der Waals surface area contributed by atoms with Gasteiger partial charge in [-0.15, -0.1) is 0 Å². The average molecular weight is 253 g/mol. The molecule has 0 saturated carbocycles. The highest BCUT2D eigenvalue weighted by Crippen LogP contribution is 2.23. The summed E-state index contributed by atoms with van der Waals surface area (Å²) in [5.41, 5.74) is 1.52. The number of hydrogen-bond acceptors (Lipinski definition) is 5. The number of hydrazone groups is 1. The van der Waals surface area contributed by atoms with Crippen molar-refractivity contribution in [1.82, 2.24) is 15.0 Å². The summed E-state index contributed by atoms with van der Waals surface area (Å²) in [4.78, 5) is 24.3. The highest BCUT2D eigenvalue weighted by Gasteiger charge is 2.35. The molecule has 1 unspecified atom stereocenters. The molecule has 94 valence electrons. The third kappa shape index (κ3) is 1.97. The van der Waals surface area contributed by atoms with Gasteiger partial charge >= 0.3 is 0 Å². The summed E-state index contributed by atoms with van der Waals surface area (Å²) in [5, 5.41) is 5.57. The lowest BCUT2D eigenvalue weighted by Crippen LogP contribution is -2.27. The van der Waals surface area contributed by atoms with Crippen LogP contribution in [0.4, 0.5) is 5.95 Å². The van der Waals surface area contributed by atoms with Crippen molar-refractivity contribution in [2.75, 3.05) is 5.01 Å². The van der Waals surface area contributed by atoms with Gasteiger partial charge in [0.05, 0.1) is 11.6 Å². The molecule has 0 N–H and O–H groups in total. The topological polar surface area (TPSA) is 71.3 Å². The van der Waals surface area contributed by atoms with Gasteiger partial charge in [0.1, 0.15) is 0 Å². The molecule has 0 fully saturated rings. The number of pyridine rings is 1. The zero-order chi connectivity index (χ0) is 13.2. The van der Waals surface area contributed by atoms with Gasteiger partial charge in [-0.1, -0.05) is 0 Å². The summed E-state index contributed by atoms with van der Waals surface area (Å²) in [6.45, 7) is 1.82. The quantitative estimate of drug-likeness (QED) is 0.807. The van der Waals surface area contributed by atoms with E-state index in [4.69, 9.17) is 0 Å². The molecule has 3 rings (SSSR count). The fraction of sp³-hybridized carbons (Fsp3) is 0.154. The van der Waals surface area contributed by atoms with E-state index in [-0.39, 0.29) is 11.8 Å².